The van der Waals surface area contributed by atoms with Gasteiger partial charge in [-0.3, -0.25) is 9.59 Å². The molecule has 1 unspecified atom stereocenters. The first-order valence-corrected chi connectivity index (χ1v) is 19.3. The van der Waals surface area contributed by atoms with E-state index in [2.05, 4.69) is 38.2 Å². The molecule has 0 aromatic rings. The zero-order valence-electron chi connectivity index (χ0n) is 29.5. The normalized spacial score (nSPS) is 12.4. The third-order valence-corrected chi connectivity index (χ3v) is 8.66. The number of hydrogen-bond donors (Lipinski definition) is 1. The van der Waals surface area contributed by atoms with Crippen molar-refractivity contribution in [3.05, 3.63) is 24.3 Å². The molecule has 0 aliphatic rings. The maximum Gasteiger partial charge on any atom is 0.306 e. The van der Waals surface area contributed by atoms with Gasteiger partial charge in [-0.2, -0.15) is 0 Å². The maximum absolute atomic E-state index is 12.4. The zero-order chi connectivity index (χ0) is 32.2. The van der Waals surface area contributed by atoms with Crippen LogP contribution in [0.25, 0.3) is 0 Å². The van der Waals surface area contributed by atoms with Crippen LogP contribution >= 0.6 is 0 Å². The summed E-state index contributed by atoms with van der Waals surface area (Å²) in [5.41, 5.74) is 0. The Bertz CT molecular complexity index is 668. The second kappa shape index (κ2) is 35.9. The number of aliphatic carboxylic acids is 1. The minimum atomic E-state index is -0.669. The van der Waals surface area contributed by atoms with Crippen LogP contribution in [0.4, 0.5) is 0 Å². The van der Waals surface area contributed by atoms with Gasteiger partial charge in [-0.15, -0.1) is 0 Å². The highest BCUT2D eigenvalue weighted by Gasteiger charge is 2.13. The van der Waals surface area contributed by atoms with Crippen molar-refractivity contribution in [1.29, 1.82) is 0 Å². The maximum atomic E-state index is 12.4. The van der Waals surface area contributed by atoms with Crippen LogP contribution in [0.3, 0.4) is 0 Å². The number of unbranched alkanes of at least 4 members (excludes halogenated alkanes) is 22. The topological polar surface area (TPSA) is 63.6 Å². The highest BCUT2D eigenvalue weighted by atomic mass is 16.5. The van der Waals surface area contributed by atoms with Gasteiger partial charge in [-0.25, -0.2) is 0 Å². The average molecular weight is 619 g/mol. The van der Waals surface area contributed by atoms with Crippen LogP contribution in [-0.4, -0.2) is 23.1 Å². The van der Waals surface area contributed by atoms with Crippen molar-refractivity contribution in [3.63, 3.8) is 0 Å². The minimum Gasteiger partial charge on any atom is -0.481 e. The summed E-state index contributed by atoms with van der Waals surface area (Å²) in [6.07, 6.45) is 45.4. The van der Waals surface area contributed by atoms with Crippen molar-refractivity contribution >= 4 is 11.9 Å². The van der Waals surface area contributed by atoms with Crippen LogP contribution in [0.15, 0.2) is 24.3 Å². The summed E-state index contributed by atoms with van der Waals surface area (Å²) in [5.74, 6) is -0.649. The van der Waals surface area contributed by atoms with Gasteiger partial charge < -0.3 is 9.84 Å². The van der Waals surface area contributed by atoms with E-state index < -0.39 is 5.97 Å². The summed E-state index contributed by atoms with van der Waals surface area (Å²) < 4.78 is 5.87. The molecule has 0 spiro atoms. The molecule has 0 aromatic heterocycles. The van der Waals surface area contributed by atoms with E-state index in [4.69, 9.17) is 9.84 Å². The molecule has 0 bridgehead atoms. The summed E-state index contributed by atoms with van der Waals surface area (Å²) in [7, 11) is 0. The molecule has 0 aliphatic carbocycles. The van der Waals surface area contributed by atoms with E-state index in [1.54, 1.807) is 0 Å². The van der Waals surface area contributed by atoms with Crippen LogP contribution < -0.4 is 0 Å². The summed E-state index contributed by atoms with van der Waals surface area (Å²) in [5, 5.41) is 8.66. The summed E-state index contributed by atoms with van der Waals surface area (Å²) in [6.45, 7) is 4.44. The van der Waals surface area contributed by atoms with E-state index >= 15 is 0 Å². The van der Waals surface area contributed by atoms with E-state index in [0.717, 1.165) is 51.4 Å². The second-order valence-corrected chi connectivity index (χ2v) is 13.1. The predicted molar refractivity (Wildman–Crippen MR) is 190 cm³/mol. The fourth-order valence-corrected chi connectivity index (χ4v) is 5.86. The smallest absolute Gasteiger partial charge is 0.306 e. The Kier molecular flexibility index (Phi) is 34.6. The van der Waals surface area contributed by atoms with Crippen molar-refractivity contribution in [2.24, 2.45) is 0 Å². The van der Waals surface area contributed by atoms with Crippen molar-refractivity contribution in [1.82, 2.24) is 0 Å². The number of allylic oxidation sites excluding steroid dienone is 4. The minimum absolute atomic E-state index is 0.0197. The molecule has 0 aliphatic heterocycles. The molecule has 1 N–H and O–H groups in total. The SMILES string of the molecule is CCCCC/C=C\C/C=C\CCCCCCCCCC(=O)OC(CCC)CCCCCCCCCCCCCCCC(=O)O. The molecule has 0 saturated carbocycles. The Morgan fingerprint density at radius 1 is 0.500 bits per heavy atom. The number of hydrogen-bond acceptors (Lipinski definition) is 3. The molecule has 0 fully saturated rings. The number of esters is 1. The molecule has 0 saturated heterocycles. The molecule has 44 heavy (non-hydrogen) atoms. The van der Waals surface area contributed by atoms with Crippen molar-refractivity contribution in [2.45, 2.75) is 219 Å². The Hall–Kier alpha value is -1.58. The third kappa shape index (κ3) is 34.9. The van der Waals surface area contributed by atoms with Gasteiger partial charge in [0.2, 0.25) is 0 Å². The molecule has 0 radical (unpaired) electrons. The van der Waals surface area contributed by atoms with Gasteiger partial charge in [-0.1, -0.05) is 160 Å². The quantitative estimate of drug-likeness (QED) is 0.0436. The molecule has 1 atom stereocenters. The van der Waals surface area contributed by atoms with Gasteiger partial charge in [0.1, 0.15) is 6.10 Å². The van der Waals surface area contributed by atoms with Crippen LogP contribution in [-0.2, 0) is 14.3 Å². The lowest BCUT2D eigenvalue weighted by Crippen LogP contribution is -2.18. The van der Waals surface area contributed by atoms with Gasteiger partial charge in [0.05, 0.1) is 0 Å². The first kappa shape index (κ1) is 42.4. The third-order valence-electron chi connectivity index (χ3n) is 8.66. The second-order valence-electron chi connectivity index (χ2n) is 13.1. The zero-order valence-corrected chi connectivity index (χ0v) is 29.5. The molecule has 4 nitrogen and oxygen atoms in total. The number of carboxylic acids is 1. The van der Waals surface area contributed by atoms with Gasteiger partial charge in [-0.05, 0) is 64.2 Å². The highest BCUT2D eigenvalue weighted by molar-refractivity contribution is 5.69. The van der Waals surface area contributed by atoms with E-state index in [9.17, 15) is 9.59 Å². The molecule has 0 rings (SSSR count). The molecule has 0 heterocycles. The van der Waals surface area contributed by atoms with E-state index in [1.165, 1.54) is 135 Å². The number of carbonyl (C=O) groups is 2. The van der Waals surface area contributed by atoms with Gasteiger partial charge >= 0.3 is 11.9 Å². The van der Waals surface area contributed by atoms with Crippen molar-refractivity contribution in [2.75, 3.05) is 0 Å². The number of rotatable bonds is 35. The van der Waals surface area contributed by atoms with Crippen LogP contribution in [0, 0.1) is 0 Å². The Balaban J connectivity index is 3.55. The monoisotopic (exact) mass is 619 g/mol. The molecule has 0 aromatic carbocycles. The first-order chi connectivity index (χ1) is 21.6. The molecule has 258 valence electrons. The van der Waals surface area contributed by atoms with E-state index in [-0.39, 0.29) is 12.1 Å². The molecular weight excluding hydrogens is 544 g/mol. The van der Waals surface area contributed by atoms with Crippen LogP contribution in [0.5, 0.6) is 0 Å². The first-order valence-electron chi connectivity index (χ1n) is 19.3. The molecule has 4 heteroatoms. The van der Waals surface area contributed by atoms with E-state index in [0.29, 0.717) is 12.8 Å². The fraction of sp³-hybridized carbons (Fsp3) is 0.850. The molecular formula is C40H74O4. The average Bonchev–Trinajstić information content (AvgIpc) is 3.00. The lowest BCUT2D eigenvalue weighted by molar-refractivity contribution is -0.150. The number of ether oxygens (including phenoxy) is 1. The lowest BCUT2D eigenvalue weighted by atomic mass is 10.0. The Morgan fingerprint density at radius 2 is 0.932 bits per heavy atom. The fourth-order valence-electron chi connectivity index (χ4n) is 5.86. The number of carbonyl (C=O) groups excluding carboxylic acids is 1. The van der Waals surface area contributed by atoms with Crippen LogP contribution in [0.2, 0.25) is 0 Å². The summed E-state index contributed by atoms with van der Waals surface area (Å²) in [4.78, 5) is 22.9. The standard InChI is InChI=1S/C40H74O4/c1-3-5-6-7-8-9-10-11-12-13-14-18-21-24-27-30-33-37-40(43)44-38(34-4-2)35-31-28-25-22-19-16-15-17-20-23-26-29-32-36-39(41)42/h8-9,11-12,38H,3-7,10,13-37H2,1-2H3,(H,41,42)/b9-8-,12-11-. The summed E-state index contributed by atoms with van der Waals surface area (Å²) in [6, 6.07) is 0. The Labute approximate surface area is 274 Å². The molecule has 0 amide bonds. The van der Waals surface area contributed by atoms with E-state index in [1.807, 2.05) is 0 Å². The van der Waals surface area contributed by atoms with Crippen molar-refractivity contribution < 1.29 is 19.4 Å². The summed E-state index contributed by atoms with van der Waals surface area (Å²) >= 11 is 0. The highest BCUT2D eigenvalue weighted by Crippen LogP contribution is 2.17. The van der Waals surface area contributed by atoms with Gasteiger partial charge in [0.25, 0.3) is 0 Å². The van der Waals surface area contributed by atoms with Gasteiger partial charge in [0, 0.05) is 12.8 Å². The predicted octanol–water partition coefficient (Wildman–Crippen LogP) is 13.2. The van der Waals surface area contributed by atoms with Crippen LogP contribution in [0.1, 0.15) is 213 Å². The largest absolute Gasteiger partial charge is 0.481 e. The number of carboxylic acid groups (broad SMARTS) is 1. The Morgan fingerprint density at radius 3 is 1.41 bits per heavy atom. The van der Waals surface area contributed by atoms with Crippen molar-refractivity contribution in [3.8, 4) is 0 Å². The lowest BCUT2D eigenvalue weighted by Gasteiger charge is -2.17. The van der Waals surface area contributed by atoms with Gasteiger partial charge in [0.15, 0.2) is 0 Å².